The van der Waals surface area contributed by atoms with Crippen LogP contribution >= 0.6 is 0 Å². The van der Waals surface area contributed by atoms with E-state index in [2.05, 4.69) is 5.32 Å². The fraction of sp³-hybridized carbons (Fsp3) is 0.318. The molecule has 0 radical (unpaired) electrons. The highest BCUT2D eigenvalue weighted by atomic mass is 16.4. The zero-order valence-electron chi connectivity index (χ0n) is 16.0. The van der Waals surface area contributed by atoms with Crippen LogP contribution in [0.25, 0.3) is 0 Å². The Kier molecular flexibility index (Phi) is 5.78. The molecule has 2 amide bonds. The average Bonchev–Trinajstić information content (AvgIpc) is 3.04. The predicted octanol–water partition coefficient (Wildman–Crippen LogP) is 3.17. The summed E-state index contributed by atoms with van der Waals surface area (Å²) in [4.78, 5) is 37.6. The number of anilines is 1. The smallest absolute Gasteiger partial charge is 0.310 e. The van der Waals surface area contributed by atoms with Crippen LogP contribution in [0.1, 0.15) is 36.0 Å². The minimum absolute atomic E-state index is 0.0219. The number of amides is 2. The summed E-state index contributed by atoms with van der Waals surface area (Å²) in [6, 6.07) is 14.8. The molecule has 6 heteroatoms. The van der Waals surface area contributed by atoms with Crippen LogP contribution in [0.15, 0.2) is 48.5 Å². The summed E-state index contributed by atoms with van der Waals surface area (Å²) in [5.74, 6) is -2.11. The molecule has 2 atom stereocenters. The van der Waals surface area contributed by atoms with Crippen molar-refractivity contribution in [1.82, 2.24) is 4.90 Å². The van der Waals surface area contributed by atoms with Crippen LogP contribution < -0.4 is 5.32 Å². The predicted molar refractivity (Wildman–Crippen MR) is 106 cm³/mol. The van der Waals surface area contributed by atoms with Gasteiger partial charge in [0.1, 0.15) is 0 Å². The first-order valence-corrected chi connectivity index (χ1v) is 9.30. The fourth-order valence-corrected chi connectivity index (χ4v) is 3.26. The van der Waals surface area contributed by atoms with Gasteiger partial charge in [0.2, 0.25) is 11.8 Å². The molecule has 2 aromatic rings. The molecule has 0 aliphatic carbocycles. The minimum atomic E-state index is -0.894. The van der Waals surface area contributed by atoms with Gasteiger partial charge in [-0.2, -0.15) is 0 Å². The van der Waals surface area contributed by atoms with E-state index in [-0.39, 0.29) is 18.2 Å². The number of hydrogen-bond donors (Lipinski definition) is 2. The highest BCUT2D eigenvalue weighted by Gasteiger charge is 2.34. The lowest BCUT2D eigenvalue weighted by atomic mass is 10.0. The molecule has 1 aliphatic rings. The maximum atomic E-state index is 12.5. The van der Waals surface area contributed by atoms with Gasteiger partial charge in [-0.15, -0.1) is 0 Å². The molecule has 6 nitrogen and oxygen atoms in total. The number of nitrogens with one attached hydrogen (secondary N) is 1. The van der Waals surface area contributed by atoms with Crippen molar-refractivity contribution in [2.24, 2.45) is 5.92 Å². The van der Waals surface area contributed by atoms with Crippen molar-refractivity contribution in [2.75, 3.05) is 11.9 Å². The number of aryl methyl sites for hydroxylation is 1. The van der Waals surface area contributed by atoms with Gasteiger partial charge < -0.3 is 15.3 Å². The minimum Gasteiger partial charge on any atom is -0.481 e. The Morgan fingerprint density at radius 3 is 2.39 bits per heavy atom. The summed E-state index contributed by atoms with van der Waals surface area (Å²) in [5, 5.41) is 11.9. The van der Waals surface area contributed by atoms with E-state index >= 15 is 0 Å². The third kappa shape index (κ3) is 4.57. The van der Waals surface area contributed by atoms with Crippen molar-refractivity contribution < 1.29 is 19.5 Å². The van der Waals surface area contributed by atoms with Gasteiger partial charge in [0, 0.05) is 25.2 Å². The number of aliphatic carboxylic acids is 1. The summed E-state index contributed by atoms with van der Waals surface area (Å²) < 4.78 is 0. The van der Waals surface area contributed by atoms with Gasteiger partial charge in [-0.25, -0.2) is 0 Å². The molecule has 2 aromatic carbocycles. The number of likely N-dealkylation sites (tertiary alicyclic amines) is 1. The lowest BCUT2D eigenvalue weighted by Crippen LogP contribution is -2.28. The normalized spacial score (nSPS) is 17.4. The molecule has 0 saturated carbocycles. The highest BCUT2D eigenvalue weighted by molar-refractivity contribution is 5.97. The summed E-state index contributed by atoms with van der Waals surface area (Å²) >= 11 is 0. The van der Waals surface area contributed by atoms with Gasteiger partial charge >= 0.3 is 5.97 Å². The van der Waals surface area contributed by atoms with Crippen molar-refractivity contribution in [3.05, 3.63) is 65.2 Å². The van der Waals surface area contributed by atoms with Gasteiger partial charge in [-0.3, -0.25) is 14.4 Å². The first-order chi connectivity index (χ1) is 13.3. The molecule has 1 saturated heterocycles. The number of rotatable bonds is 6. The summed E-state index contributed by atoms with van der Waals surface area (Å²) in [6.07, 6.45) is 0.200. The summed E-state index contributed by atoms with van der Waals surface area (Å²) in [7, 11) is 0. The quantitative estimate of drug-likeness (QED) is 0.806. The lowest BCUT2D eigenvalue weighted by molar-refractivity contribution is -0.138. The third-order valence-corrected chi connectivity index (χ3v) is 5.13. The second-order valence-corrected chi connectivity index (χ2v) is 7.33. The number of carbonyl (C=O) groups excluding carboxylic acids is 2. The van der Waals surface area contributed by atoms with Crippen molar-refractivity contribution in [3.63, 3.8) is 0 Å². The van der Waals surface area contributed by atoms with E-state index in [1.807, 2.05) is 31.2 Å². The second kappa shape index (κ2) is 8.25. The Balaban J connectivity index is 1.58. The zero-order chi connectivity index (χ0) is 20.3. The zero-order valence-corrected chi connectivity index (χ0v) is 16.0. The van der Waals surface area contributed by atoms with E-state index in [0.717, 1.165) is 11.1 Å². The molecule has 1 heterocycles. The SMILES string of the molecule is Cc1ccc(CN2CC(C(=O)Nc3ccc(C(C)C(=O)O)cc3)CC2=O)cc1. The molecule has 2 N–H and O–H groups in total. The number of benzene rings is 2. The fourth-order valence-electron chi connectivity index (χ4n) is 3.26. The first kappa shape index (κ1) is 19.6. The van der Waals surface area contributed by atoms with E-state index in [9.17, 15) is 14.4 Å². The van der Waals surface area contributed by atoms with Gasteiger partial charge in [-0.1, -0.05) is 42.0 Å². The molecular weight excluding hydrogens is 356 g/mol. The standard InChI is InChI=1S/C22H24N2O4/c1-14-3-5-16(6-4-14)12-24-13-18(11-20(24)25)21(26)23-19-9-7-17(8-10-19)15(2)22(27)28/h3-10,15,18H,11-13H2,1-2H3,(H,23,26)(H,27,28). The molecule has 0 aromatic heterocycles. The maximum absolute atomic E-state index is 12.5. The third-order valence-electron chi connectivity index (χ3n) is 5.13. The van der Waals surface area contributed by atoms with E-state index < -0.39 is 17.8 Å². The Labute approximate surface area is 164 Å². The van der Waals surface area contributed by atoms with Crippen LogP contribution in [0.4, 0.5) is 5.69 Å². The number of nitrogens with zero attached hydrogens (tertiary/aromatic N) is 1. The van der Waals surface area contributed by atoms with Crippen LogP contribution in [0.2, 0.25) is 0 Å². The Morgan fingerprint density at radius 1 is 1.14 bits per heavy atom. The molecule has 0 bridgehead atoms. The Bertz CT molecular complexity index is 874. The van der Waals surface area contributed by atoms with Crippen molar-refractivity contribution in [2.45, 2.75) is 32.7 Å². The molecule has 146 valence electrons. The topological polar surface area (TPSA) is 86.7 Å². The highest BCUT2D eigenvalue weighted by Crippen LogP contribution is 2.23. The van der Waals surface area contributed by atoms with Gasteiger partial charge in [0.25, 0.3) is 0 Å². The number of hydrogen-bond acceptors (Lipinski definition) is 3. The summed E-state index contributed by atoms with van der Waals surface area (Å²) in [5.41, 5.74) is 3.47. The molecule has 1 aliphatic heterocycles. The van der Waals surface area contributed by atoms with Crippen molar-refractivity contribution >= 4 is 23.5 Å². The van der Waals surface area contributed by atoms with E-state index in [0.29, 0.717) is 24.3 Å². The second-order valence-electron chi connectivity index (χ2n) is 7.33. The Morgan fingerprint density at radius 2 is 1.79 bits per heavy atom. The maximum Gasteiger partial charge on any atom is 0.310 e. The van der Waals surface area contributed by atoms with Crippen LogP contribution in [-0.4, -0.2) is 34.3 Å². The van der Waals surface area contributed by atoms with Crippen LogP contribution in [0, 0.1) is 12.8 Å². The average molecular weight is 380 g/mol. The van der Waals surface area contributed by atoms with Crippen molar-refractivity contribution in [3.8, 4) is 0 Å². The molecule has 0 spiro atoms. The van der Waals surface area contributed by atoms with E-state index in [1.54, 1.807) is 36.1 Å². The molecule has 1 fully saturated rings. The number of carboxylic acid groups (broad SMARTS) is 1. The van der Waals surface area contributed by atoms with E-state index in [1.165, 1.54) is 0 Å². The number of carboxylic acids is 1. The molecular formula is C22H24N2O4. The van der Waals surface area contributed by atoms with Gasteiger partial charge in [0.05, 0.1) is 11.8 Å². The van der Waals surface area contributed by atoms with Crippen LogP contribution in [0.3, 0.4) is 0 Å². The lowest BCUT2D eigenvalue weighted by Gasteiger charge is -2.17. The van der Waals surface area contributed by atoms with Crippen LogP contribution in [0.5, 0.6) is 0 Å². The largest absolute Gasteiger partial charge is 0.481 e. The summed E-state index contributed by atoms with van der Waals surface area (Å²) in [6.45, 7) is 4.53. The number of carbonyl (C=O) groups is 3. The van der Waals surface area contributed by atoms with Gasteiger partial charge in [-0.05, 0) is 37.1 Å². The van der Waals surface area contributed by atoms with Crippen molar-refractivity contribution in [1.29, 1.82) is 0 Å². The van der Waals surface area contributed by atoms with E-state index in [4.69, 9.17) is 5.11 Å². The molecule has 28 heavy (non-hydrogen) atoms. The Hall–Kier alpha value is -3.15. The van der Waals surface area contributed by atoms with Crippen LogP contribution in [-0.2, 0) is 20.9 Å². The van der Waals surface area contributed by atoms with Gasteiger partial charge in [0.15, 0.2) is 0 Å². The molecule has 2 unspecified atom stereocenters. The molecule has 3 rings (SSSR count). The monoisotopic (exact) mass is 380 g/mol. The first-order valence-electron chi connectivity index (χ1n) is 9.30.